The molecule has 162 valence electrons. The summed E-state index contributed by atoms with van der Waals surface area (Å²) >= 11 is 6.13. The molecular formula is C25H22ClN3O3. The summed E-state index contributed by atoms with van der Waals surface area (Å²) in [6.45, 7) is 0.708. The molecule has 0 amide bonds. The second kappa shape index (κ2) is 9.26. The highest BCUT2D eigenvalue weighted by Crippen LogP contribution is 2.33. The number of aromatic hydroxyl groups is 1. The molecule has 0 spiro atoms. The van der Waals surface area contributed by atoms with Crippen molar-refractivity contribution in [3.8, 4) is 5.88 Å². The lowest BCUT2D eigenvalue weighted by molar-refractivity contribution is -0.136. The van der Waals surface area contributed by atoms with Gasteiger partial charge < -0.3 is 20.5 Å². The van der Waals surface area contributed by atoms with E-state index in [0.29, 0.717) is 33.9 Å². The fourth-order valence-electron chi connectivity index (χ4n) is 3.68. The second-order valence-corrected chi connectivity index (χ2v) is 7.90. The zero-order valence-corrected chi connectivity index (χ0v) is 18.1. The normalized spacial score (nSPS) is 11.8. The lowest BCUT2D eigenvalue weighted by Gasteiger charge is -2.10. The number of aromatic nitrogens is 1. The number of aliphatic imine (C=N–C) groups is 1. The molecule has 0 atom stereocenters. The molecule has 0 saturated carbocycles. The van der Waals surface area contributed by atoms with E-state index in [0.717, 1.165) is 22.2 Å². The van der Waals surface area contributed by atoms with Crippen LogP contribution < -0.4 is 5.32 Å². The molecule has 32 heavy (non-hydrogen) atoms. The number of aromatic amines is 1. The number of hydrogen-bond acceptors (Lipinski definition) is 4. The Bertz CT molecular complexity index is 1310. The Hall–Kier alpha value is -3.61. The maximum absolute atomic E-state index is 11.0. The van der Waals surface area contributed by atoms with Gasteiger partial charge in [-0.25, -0.2) is 4.99 Å². The Balaban J connectivity index is 1.89. The maximum atomic E-state index is 11.0. The van der Waals surface area contributed by atoms with Gasteiger partial charge >= 0.3 is 5.97 Å². The van der Waals surface area contributed by atoms with Gasteiger partial charge in [-0.2, -0.15) is 0 Å². The van der Waals surface area contributed by atoms with Crippen molar-refractivity contribution in [3.63, 3.8) is 0 Å². The predicted molar refractivity (Wildman–Crippen MR) is 127 cm³/mol. The van der Waals surface area contributed by atoms with Gasteiger partial charge in [0.2, 0.25) is 0 Å². The predicted octanol–water partition coefficient (Wildman–Crippen LogP) is 5.04. The summed E-state index contributed by atoms with van der Waals surface area (Å²) in [5.41, 5.74) is 5.09. The van der Waals surface area contributed by atoms with Gasteiger partial charge in [0.05, 0.1) is 28.9 Å². The highest BCUT2D eigenvalue weighted by Gasteiger charge is 2.19. The lowest BCUT2D eigenvalue weighted by atomic mass is 9.99. The van der Waals surface area contributed by atoms with Crippen molar-refractivity contribution >= 4 is 39.9 Å². The molecular weight excluding hydrogens is 426 g/mol. The number of hydrogen-bond donors (Lipinski definition) is 4. The van der Waals surface area contributed by atoms with E-state index in [1.165, 1.54) is 0 Å². The maximum Gasteiger partial charge on any atom is 0.307 e. The van der Waals surface area contributed by atoms with Gasteiger partial charge in [-0.15, -0.1) is 0 Å². The molecule has 0 unspecified atom stereocenters. The van der Waals surface area contributed by atoms with Crippen LogP contribution in [0.2, 0.25) is 5.02 Å². The van der Waals surface area contributed by atoms with Gasteiger partial charge in [0.1, 0.15) is 0 Å². The number of fused-ring (bicyclic) bond motifs is 1. The second-order valence-electron chi connectivity index (χ2n) is 7.47. The van der Waals surface area contributed by atoms with E-state index in [-0.39, 0.29) is 12.3 Å². The van der Waals surface area contributed by atoms with Crippen LogP contribution in [0.15, 0.2) is 71.7 Å². The molecule has 0 fully saturated rings. The van der Waals surface area contributed by atoms with Gasteiger partial charge in [-0.1, -0.05) is 54.1 Å². The first kappa shape index (κ1) is 21.6. The van der Waals surface area contributed by atoms with Crippen LogP contribution in [0.25, 0.3) is 10.9 Å². The highest BCUT2D eigenvalue weighted by atomic mass is 35.5. The van der Waals surface area contributed by atoms with E-state index in [1.54, 1.807) is 24.3 Å². The number of carboxylic acids is 1. The molecule has 0 saturated heterocycles. The Morgan fingerprint density at radius 2 is 1.84 bits per heavy atom. The molecule has 0 bridgehead atoms. The van der Waals surface area contributed by atoms with Crippen LogP contribution in [-0.4, -0.2) is 33.9 Å². The van der Waals surface area contributed by atoms with Crippen molar-refractivity contribution < 1.29 is 15.0 Å². The minimum absolute atomic E-state index is 0.0120. The average molecular weight is 448 g/mol. The summed E-state index contributed by atoms with van der Waals surface area (Å²) in [4.78, 5) is 18.9. The number of H-pyrrole nitrogens is 1. The van der Waals surface area contributed by atoms with Crippen molar-refractivity contribution in [2.75, 3.05) is 7.05 Å². The number of aliphatic carboxylic acids is 1. The standard InChI is InChI=1S/C25H22ClN3O3/c1-27-14-16-3-2-4-19(11-16)28-24(17-7-5-15(6-8-17)12-22(30)31)23-20-10-9-18(26)13-21(20)29-25(23)32/h2-11,13,27,29,32H,12,14H2,1H3,(H,30,31). The zero-order chi connectivity index (χ0) is 22.7. The number of carbonyl (C=O) groups is 1. The molecule has 4 aromatic rings. The van der Waals surface area contributed by atoms with E-state index in [2.05, 4.69) is 10.3 Å². The summed E-state index contributed by atoms with van der Waals surface area (Å²) in [5.74, 6) is -0.902. The zero-order valence-electron chi connectivity index (χ0n) is 17.4. The molecule has 1 heterocycles. The molecule has 4 rings (SSSR count). The lowest BCUT2D eigenvalue weighted by Crippen LogP contribution is -2.06. The Kier molecular flexibility index (Phi) is 6.25. The first-order chi connectivity index (χ1) is 15.4. The third kappa shape index (κ3) is 4.66. The number of benzene rings is 3. The first-order valence-corrected chi connectivity index (χ1v) is 10.5. The molecule has 0 radical (unpaired) electrons. The molecule has 0 aliphatic rings. The Morgan fingerprint density at radius 1 is 1.06 bits per heavy atom. The summed E-state index contributed by atoms with van der Waals surface area (Å²) < 4.78 is 0. The largest absolute Gasteiger partial charge is 0.494 e. The van der Waals surface area contributed by atoms with Gasteiger partial charge in [0.25, 0.3) is 0 Å². The van der Waals surface area contributed by atoms with E-state index < -0.39 is 5.97 Å². The molecule has 1 aromatic heterocycles. The summed E-state index contributed by atoms with van der Waals surface area (Å²) in [6, 6.07) is 20.4. The number of halogens is 1. The highest BCUT2D eigenvalue weighted by molar-refractivity contribution is 6.31. The monoisotopic (exact) mass is 447 g/mol. The van der Waals surface area contributed by atoms with Crippen LogP contribution in [0, 0.1) is 0 Å². The topological polar surface area (TPSA) is 97.7 Å². The van der Waals surface area contributed by atoms with Gasteiger partial charge in [-0.05, 0) is 42.4 Å². The Morgan fingerprint density at radius 3 is 2.56 bits per heavy atom. The number of carboxylic acid groups (broad SMARTS) is 1. The number of nitrogens with zero attached hydrogens (tertiary/aromatic N) is 1. The Labute approximate surface area is 190 Å². The van der Waals surface area contributed by atoms with Crippen molar-refractivity contribution in [3.05, 3.63) is 94.0 Å². The minimum atomic E-state index is -0.890. The molecule has 4 N–H and O–H groups in total. The summed E-state index contributed by atoms with van der Waals surface area (Å²) in [5, 5.41) is 24.3. The molecule has 0 aliphatic carbocycles. The molecule has 7 heteroatoms. The minimum Gasteiger partial charge on any atom is -0.494 e. The van der Waals surface area contributed by atoms with Crippen molar-refractivity contribution in [1.82, 2.24) is 10.3 Å². The van der Waals surface area contributed by atoms with Crippen LogP contribution in [0.1, 0.15) is 22.3 Å². The SMILES string of the molecule is CNCc1cccc(N=C(c2ccc(CC(=O)O)cc2)c2c(O)[nH]c3cc(Cl)ccc23)c1. The fraction of sp³-hybridized carbons (Fsp3) is 0.120. The summed E-state index contributed by atoms with van der Waals surface area (Å²) in [6.07, 6.45) is -0.0599. The summed E-state index contributed by atoms with van der Waals surface area (Å²) in [7, 11) is 1.88. The van der Waals surface area contributed by atoms with Crippen molar-refractivity contribution in [2.24, 2.45) is 4.99 Å². The smallest absolute Gasteiger partial charge is 0.307 e. The third-order valence-corrected chi connectivity index (χ3v) is 5.33. The van der Waals surface area contributed by atoms with Crippen LogP contribution >= 0.6 is 11.6 Å². The van der Waals surface area contributed by atoms with E-state index in [1.807, 2.05) is 49.5 Å². The van der Waals surface area contributed by atoms with E-state index in [4.69, 9.17) is 21.7 Å². The van der Waals surface area contributed by atoms with E-state index in [9.17, 15) is 9.90 Å². The quantitative estimate of drug-likeness (QED) is 0.298. The van der Waals surface area contributed by atoms with Crippen LogP contribution in [-0.2, 0) is 17.8 Å². The number of nitrogens with one attached hydrogen (secondary N) is 2. The van der Waals surface area contributed by atoms with Crippen LogP contribution in [0.5, 0.6) is 5.88 Å². The number of rotatable bonds is 7. The van der Waals surface area contributed by atoms with Gasteiger partial charge in [-0.3, -0.25) is 4.79 Å². The fourth-order valence-corrected chi connectivity index (χ4v) is 3.86. The molecule has 0 aliphatic heterocycles. The van der Waals surface area contributed by atoms with Gasteiger partial charge in [0, 0.05) is 22.5 Å². The first-order valence-electron chi connectivity index (χ1n) is 10.1. The van der Waals surface area contributed by atoms with Crippen LogP contribution in [0.4, 0.5) is 5.69 Å². The van der Waals surface area contributed by atoms with Gasteiger partial charge in [0.15, 0.2) is 5.88 Å². The average Bonchev–Trinajstić information content (AvgIpc) is 3.07. The van der Waals surface area contributed by atoms with Crippen molar-refractivity contribution in [2.45, 2.75) is 13.0 Å². The van der Waals surface area contributed by atoms with Crippen LogP contribution in [0.3, 0.4) is 0 Å². The molecule has 3 aromatic carbocycles. The third-order valence-electron chi connectivity index (χ3n) is 5.09. The van der Waals surface area contributed by atoms with Crippen molar-refractivity contribution in [1.29, 1.82) is 0 Å². The van der Waals surface area contributed by atoms with E-state index >= 15 is 0 Å². The molecule has 6 nitrogen and oxygen atoms in total.